The van der Waals surface area contributed by atoms with Crippen LogP contribution in [-0.4, -0.2) is 362 Å². The van der Waals surface area contributed by atoms with Crippen molar-refractivity contribution < 1.29 is 134 Å². The number of benzene rings is 1. The summed E-state index contributed by atoms with van der Waals surface area (Å²) in [5.41, 5.74) is 0.486. The van der Waals surface area contributed by atoms with Crippen LogP contribution < -0.4 is 63.8 Å². The molecule has 1 aromatic rings. The molecule has 0 radical (unpaired) electrons. The second-order valence-corrected chi connectivity index (χ2v) is 34.3. The fourth-order valence-corrected chi connectivity index (χ4v) is 14.1. The fraction of sp³-hybridized carbons (Fsp3) is 0.742. The molecule has 13 N–H and O–H groups in total. The van der Waals surface area contributed by atoms with Gasteiger partial charge < -0.3 is 126 Å². The number of likely N-dealkylation sites (tertiary alicyclic amines) is 1. The molecule has 132 heavy (non-hydrogen) atoms. The number of aliphatic carboxylic acids is 1. The summed E-state index contributed by atoms with van der Waals surface area (Å²) < 4.78 is 54.9. The largest absolute Gasteiger partial charge is 0.480 e. The SMILES string of the molecule is CC[C@H](C)[C@@H]([C@@H](CC(=O)N1CCC[C@H]1[C@H](OC)[C@@H](C)C(=O)N[C@@H](Cc1ccccc1)C(=O)NCCCOC(=O)C(C)NC(=O)CCC(NC(=O)CCNC(=O)OCC(CC(=O)CNC(=O)CNC(=O)CNC(=O)CNC(=O)CCNC(=O)CC(C)(C)C)C(=O)NCCOCCOCCOCCOCCOCCOC)C(=O)O)OC)N(C)C(=O)C(NC(=O)[C@H](C(C)C)N(C)C)C(C)C. The van der Waals surface area contributed by atoms with Gasteiger partial charge in [-0.3, -0.25) is 72.0 Å². The molecule has 12 atom stereocenters. The first kappa shape index (κ1) is 118. The Bertz CT molecular complexity index is 3720. The highest BCUT2D eigenvalue weighted by molar-refractivity contribution is 5.94. The van der Waals surface area contributed by atoms with E-state index >= 15 is 0 Å². The van der Waals surface area contributed by atoms with Gasteiger partial charge >= 0.3 is 18.0 Å². The van der Waals surface area contributed by atoms with E-state index in [0.29, 0.717) is 72.1 Å². The van der Waals surface area contributed by atoms with Crippen LogP contribution in [0.2, 0.25) is 0 Å². The van der Waals surface area contributed by atoms with Gasteiger partial charge in [-0.05, 0) is 75.4 Å². The smallest absolute Gasteiger partial charge is 0.407 e. The lowest BCUT2D eigenvalue weighted by molar-refractivity contribution is -0.148. The summed E-state index contributed by atoms with van der Waals surface area (Å²) in [6.07, 6.45) is -2.74. The van der Waals surface area contributed by atoms with Crippen molar-refractivity contribution in [1.29, 1.82) is 0 Å². The van der Waals surface area contributed by atoms with Gasteiger partial charge in [0.15, 0.2) is 5.78 Å². The molecule has 0 bridgehead atoms. The number of Topliss-reactive ketones (excluding diaryl/α,β-unsaturated/α-hetero) is 1. The summed E-state index contributed by atoms with van der Waals surface area (Å²) in [5.74, 6) is -13.2. The van der Waals surface area contributed by atoms with Gasteiger partial charge in [0.2, 0.25) is 76.8 Å². The first-order valence-electron chi connectivity index (χ1n) is 45.2. The van der Waals surface area contributed by atoms with Crippen LogP contribution in [0.1, 0.15) is 152 Å². The van der Waals surface area contributed by atoms with E-state index in [0.717, 1.165) is 5.56 Å². The maximum absolute atomic E-state index is 14.6. The number of hydrogen-bond acceptors (Lipinski definition) is 28. The van der Waals surface area contributed by atoms with Crippen molar-refractivity contribution in [3.05, 3.63) is 35.9 Å². The summed E-state index contributed by atoms with van der Waals surface area (Å²) >= 11 is 0. The minimum Gasteiger partial charge on any atom is -0.480 e. The molecule has 1 aromatic carbocycles. The van der Waals surface area contributed by atoms with Crippen molar-refractivity contribution in [2.75, 3.05) is 187 Å². The molecule has 43 nitrogen and oxygen atoms in total. The van der Waals surface area contributed by atoms with Crippen LogP contribution >= 0.6 is 0 Å². The van der Waals surface area contributed by atoms with Gasteiger partial charge in [0.05, 0.1) is 154 Å². The number of carboxylic acid groups (broad SMARTS) is 1. The zero-order chi connectivity index (χ0) is 98.8. The highest BCUT2D eigenvalue weighted by Gasteiger charge is 2.44. The van der Waals surface area contributed by atoms with Crippen molar-refractivity contribution in [2.24, 2.45) is 35.0 Å². The monoisotopic (exact) mass is 1880 g/mol. The summed E-state index contributed by atoms with van der Waals surface area (Å²) in [6.45, 7) is 20.4. The van der Waals surface area contributed by atoms with Crippen LogP contribution in [0.25, 0.3) is 0 Å². The third-order valence-electron chi connectivity index (χ3n) is 21.3. The Kier molecular flexibility index (Phi) is 59.2. The molecule has 1 aliphatic rings. The number of rotatable bonds is 70. The number of nitrogens with zero attached hydrogens (tertiary/aromatic N) is 3. The lowest BCUT2D eigenvalue weighted by atomic mass is 9.89. The molecule has 1 saturated heterocycles. The second kappa shape index (κ2) is 66.3. The van der Waals surface area contributed by atoms with Gasteiger partial charge in [0, 0.05) is 99.6 Å². The Morgan fingerprint density at radius 1 is 0.523 bits per heavy atom. The Morgan fingerprint density at radius 3 is 1.61 bits per heavy atom. The first-order chi connectivity index (χ1) is 62.6. The number of hydrogen-bond donors (Lipinski definition) is 13. The van der Waals surface area contributed by atoms with Crippen molar-refractivity contribution in [2.45, 2.75) is 208 Å². The zero-order valence-electron chi connectivity index (χ0n) is 80.3. The van der Waals surface area contributed by atoms with E-state index in [-0.39, 0.29) is 132 Å². The molecule has 0 saturated carbocycles. The highest BCUT2D eigenvalue weighted by Crippen LogP contribution is 2.30. The van der Waals surface area contributed by atoms with Gasteiger partial charge in [0.1, 0.15) is 30.8 Å². The molecule has 43 heteroatoms. The number of carbonyl (C=O) groups excluding carboxylic acids is 16. The van der Waals surface area contributed by atoms with Crippen LogP contribution in [0.5, 0.6) is 0 Å². The average Bonchev–Trinajstić information content (AvgIpc) is 1.54. The number of carbonyl (C=O) groups is 17. The van der Waals surface area contributed by atoms with Crippen LogP contribution in [0, 0.1) is 35.0 Å². The number of nitrogens with one attached hydrogen (secondary N) is 12. The molecular weight excluding hydrogens is 1730 g/mol. The molecule has 1 fully saturated rings. The molecule has 750 valence electrons. The molecule has 0 aromatic heterocycles. The molecule has 2 rings (SSSR count). The number of esters is 1. The van der Waals surface area contributed by atoms with Crippen LogP contribution in [0.4, 0.5) is 4.79 Å². The number of likely N-dealkylation sites (N-methyl/N-ethyl adjacent to an activating group) is 2. The predicted octanol–water partition coefficient (Wildman–Crippen LogP) is -0.790. The zero-order valence-corrected chi connectivity index (χ0v) is 80.3. The summed E-state index contributed by atoms with van der Waals surface area (Å²) in [6, 6.07) is 2.58. The minimum atomic E-state index is -1.61. The average molecular weight is 1880 g/mol. The third kappa shape index (κ3) is 49.5. The Morgan fingerprint density at radius 2 is 1.07 bits per heavy atom. The van der Waals surface area contributed by atoms with Crippen LogP contribution in [0.3, 0.4) is 0 Å². The van der Waals surface area contributed by atoms with Gasteiger partial charge in [0.25, 0.3) is 0 Å². The Labute approximate surface area is 775 Å². The van der Waals surface area contributed by atoms with Gasteiger partial charge in [-0.25, -0.2) is 14.4 Å². The Hall–Kier alpha value is -10.1. The number of ketones is 1. The van der Waals surface area contributed by atoms with E-state index in [4.69, 9.17) is 47.4 Å². The van der Waals surface area contributed by atoms with Gasteiger partial charge in [-0.2, -0.15) is 0 Å². The minimum absolute atomic E-state index is 0.000860. The van der Waals surface area contributed by atoms with Crippen LogP contribution in [0.15, 0.2) is 30.3 Å². The standard InChI is InChI=1S/C89H151N15O28/c1-18-59(6)79(103(14)85(118)77(57(2)3)101-84(117)78(58(4)5)102(12)13)68(124-16)50-76(113)104-35-22-26-67(104)80(125-17)60(7)81(114)100-66(48-62-24-20-19-21-25-62)83(116)91-31-23-36-131-87(121)61(8)98-70(107)28-27-65(86(119)120)99-71(108)30-33-93-88(122)132-56-63(82(115)92-34-37-126-40-41-128-44-45-130-47-46-129-43-42-127-39-38-123-15)49-64(105)52-94-73(110)54-96-75(112)55-97-74(111)53-95-69(106)29-32-90-72(109)51-89(9,10)11/h19-21,24-25,57-61,63,65-68,77-80H,18,22-23,26-56H2,1-17H3,(H,90,109)(H,91,116)(H,92,115)(H,93,122)(H,94,110)(H,95,106)(H,96,112)(H,97,111)(H,98,107)(H,99,108)(H,100,114)(H,101,117)(H,119,120)/t59-,60+,61?,63?,65?,66-,67-,68+,77?,78-,79-,80+/m0/s1. The lowest BCUT2D eigenvalue weighted by Gasteiger charge is -2.41. The van der Waals surface area contributed by atoms with E-state index < -0.39 is 208 Å². The summed E-state index contributed by atoms with van der Waals surface area (Å²) in [5, 5.41) is 40.1. The number of alkyl carbamates (subject to hydrolysis) is 1. The second-order valence-electron chi connectivity index (χ2n) is 34.3. The number of methoxy groups -OCH3 is 3. The molecule has 4 unspecified atom stereocenters. The van der Waals surface area contributed by atoms with Gasteiger partial charge in [-0.1, -0.05) is 106 Å². The van der Waals surface area contributed by atoms with Crippen molar-refractivity contribution in [1.82, 2.24) is 78.5 Å². The normalized spacial score (nSPS) is 15.1. The fourth-order valence-electron chi connectivity index (χ4n) is 14.1. The number of carboxylic acids is 1. The third-order valence-corrected chi connectivity index (χ3v) is 21.3. The number of ether oxygens (including phenoxy) is 10. The molecule has 14 amide bonds. The van der Waals surface area contributed by atoms with Crippen LogP contribution in [-0.2, 0) is 131 Å². The highest BCUT2D eigenvalue weighted by atomic mass is 16.6. The number of amides is 14. The first-order valence-corrected chi connectivity index (χ1v) is 45.2. The molecule has 0 aliphatic carbocycles. The van der Waals surface area contributed by atoms with E-state index in [1.807, 2.05) is 81.3 Å². The van der Waals surface area contributed by atoms with Gasteiger partial charge in [-0.15, -0.1) is 0 Å². The molecule has 0 spiro atoms. The molecule has 1 heterocycles. The van der Waals surface area contributed by atoms with E-state index in [9.17, 15) is 86.6 Å². The van der Waals surface area contributed by atoms with E-state index in [1.165, 1.54) is 21.1 Å². The molecular formula is C89H151N15O28. The van der Waals surface area contributed by atoms with E-state index in [2.05, 4.69) is 63.8 Å². The predicted molar refractivity (Wildman–Crippen MR) is 482 cm³/mol. The summed E-state index contributed by atoms with van der Waals surface area (Å²) in [4.78, 5) is 229. The maximum Gasteiger partial charge on any atom is 0.407 e. The Balaban J connectivity index is 1.97. The molecule has 1 aliphatic heterocycles. The van der Waals surface area contributed by atoms with Crippen molar-refractivity contribution >= 4 is 101 Å². The quantitative estimate of drug-likeness (QED) is 0.0281. The van der Waals surface area contributed by atoms with Crippen molar-refractivity contribution in [3.8, 4) is 0 Å². The lowest BCUT2D eigenvalue weighted by Crippen LogP contribution is -2.59. The topological polar surface area (TPSA) is 557 Å². The van der Waals surface area contributed by atoms with Crippen molar-refractivity contribution in [3.63, 3.8) is 0 Å². The maximum atomic E-state index is 14.6. The summed E-state index contributed by atoms with van der Waals surface area (Å²) in [7, 11) is 9.85. The van der Waals surface area contributed by atoms with E-state index in [1.54, 1.807) is 61.2 Å².